The molecule has 4 aromatic rings. The van der Waals surface area contributed by atoms with Crippen LogP contribution in [0.15, 0.2) is 79.3 Å². The molecule has 0 saturated carbocycles. The molecule has 0 atom stereocenters. The molecule has 2 aromatic carbocycles. The van der Waals surface area contributed by atoms with Gasteiger partial charge in [-0.1, -0.05) is 60.7 Å². The van der Waals surface area contributed by atoms with E-state index < -0.39 is 0 Å². The quantitative estimate of drug-likeness (QED) is 0.491. The number of pyridine rings is 1. The van der Waals surface area contributed by atoms with Crippen LogP contribution >= 0.6 is 0 Å². The third-order valence-electron chi connectivity index (χ3n) is 4.99. The average molecular weight is 400 g/mol. The topological polar surface area (TPSA) is 71.2 Å². The number of amides is 1. The van der Waals surface area contributed by atoms with Gasteiger partial charge < -0.3 is 14.6 Å². The van der Waals surface area contributed by atoms with E-state index in [1.54, 1.807) is 23.5 Å². The van der Waals surface area contributed by atoms with Crippen LogP contribution in [0.5, 0.6) is 0 Å². The lowest BCUT2D eigenvalue weighted by Crippen LogP contribution is -2.32. The maximum Gasteiger partial charge on any atom is 0.255 e. The highest BCUT2D eigenvalue weighted by atomic mass is 16.3. The average Bonchev–Trinajstić information content (AvgIpc) is 3.19. The first kappa shape index (κ1) is 19.8. The molecule has 1 N–H and O–H groups in total. The van der Waals surface area contributed by atoms with Crippen molar-refractivity contribution < 1.29 is 9.90 Å². The van der Waals surface area contributed by atoms with Crippen LogP contribution in [-0.2, 0) is 13.1 Å². The molecule has 6 heteroatoms. The summed E-state index contributed by atoms with van der Waals surface area (Å²) in [6.07, 6.45) is 3.90. The van der Waals surface area contributed by atoms with Gasteiger partial charge >= 0.3 is 0 Å². The highest BCUT2D eigenvalue weighted by molar-refractivity contribution is 5.96. The Bertz CT molecular complexity index is 1110. The van der Waals surface area contributed by atoms with E-state index in [1.807, 2.05) is 53.1 Å². The van der Waals surface area contributed by atoms with Gasteiger partial charge in [-0.05, 0) is 23.6 Å². The minimum absolute atomic E-state index is 0.0414. The second kappa shape index (κ2) is 9.33. The Labute approximate surface area is 175 Å². The molecule has 0 unspecified atom stereocenters. The molecule has 2 heterocycles. The summed E-state index contributed by atoms with van der Waals surface area (Å²) in [5, 5.41) is 9.24. The molecule has 0 radical (unpaired) electrons. The van der Waals surface area contributed by atoms with Gasteiger partial charge in [-0.2, -0.15) is 0 Å². The van der Waals surface area contributed by atoms with Crippen molar-refractivity contribution in [3.8, 4) is 0 Å². The maximum atomic E-state index is 13.2. The smallest absolute Gasteiger partial charge is 0.255 e. The largest absolute Gasteiger partial charge is 0.396 e. The monoisotopic (exact) mass is 400 g/mol. The zero-order valence-corrected chi connectivity index (χ0v) is 16.7. The molecule has 0 aliphatic heterocycles. The van der Waals surface area contributed by atoms with Crippen molar-refractivity contribution in [2.45, 2.75) is 19.5 Å². The second-order valence-corrected chi connectivity index (χ2v) is 7.21. The summed E-state index contributed by atoms with van der Waals surface area (Å²) < 4.78 is 1.98. The molecule has 4 rings (SSSR count). The van der Waals surface area contributed by atoms with E-state index in [2.05, 4.69) is 22.1 Å². The molecule has 0 saturated heterocycles. The Morgan fingerprint density at radius 3 is 2.37 bits per heavy atom. The lowest BCUT2D eigenvalue weighted by molar-refractivity contribution is 0.0731. The van der Waals surface area contributed by atoms with Gasteiger partial charge in [0.15, 0.2) is 5.65 Å². The minimum atomic E-state index is -0.112. The number of fused-ring (bicyclic) bond motifs is 1. The highest BCUT2D eigenvalue weighted by Crippen LogP contribution is 2.17. The lowest BCUT2D eigenvalue weighted by Gasteiger charge is -2.22. The predicted molar refractivity (Wildman–Crippen MR) is 116 cm³/mol. The van der Waals surface area contributed by atoms with Gasteiger partial charge in [0.1, 0.15) is 5.52 Å². The molecule has 152 valence electrons. The minimum Gasteiger partial charge on any atom is -0.396 e. The molecule has 2 aromatic heterocycles. The number of hydrogen-bond donors (Lipinski definition) is 1. The molecule has 1 amide bonds. The van der Waals surface area contributed by atoms with Crippen LogP contribution in [0.25, 0.3) is 11.2 Å². The number of hydrogen-bond acceptors (Lipinski definition) is 4. The number of aliphatic hydroxyl groups is 1. The number of rotatable bonds is 8. The number of aromatic nitrogens is 3. The first-order valence-electron chi connectivity index (χ1n) is 10.0. The summed E-state index contributed by atoms with van der Waals surface area (Å²) in [5.74, 6) is -0.112. The fraction of sp³-hybridized carbons (Fsp3) is 0.208. The Morgan fingerprint density at radius 1 is 0.967 bits per heavy atom. The van der Waals surface area contributed by atoms with Gasteiger partial charge in [0, 0.05) is 25.9 Å². The third-order valence-corrected chi connectivity index (χ3v) is 4.99. The zero-order chi connectivity index (χ0) is 20.8. The van der Waals surface area contributed by atoms with Crippen molar-refractivity contribution in [3.05, 3.63) is 95.9 Å². The summed E-state index contributed by atoms with van der Waals surface area (Å²) in [5.41, 5.74) is 4.15. The van der Waals surface area contributed by atoms with E-state index in [1.165, 1.54) is 0 Å². The van der Waals surface area contributed by atoms with Gasteiger partial charge in [0.2, 0.25) is 0 Å². The number of imidazole rings is 1. The Hall–Kier alpha value is -3.51. The van der Waals surface area contributed by atoms with Crippen LogP contribution in [0.1, 0.15) is 27.9 Å². The molecule has 6 nitrogen and oxygen atoms in total. The van der Waals surface area contributed by atoms with E-state index in [-0.39, 0.29) is 12.5 Å². The summed E-state index contributed by atoms with van der Waals surface area (Å²) in [7, 11) is 0. The third kappa shape index (κ3) is 4.55. The molecule has 30 heavy (non-hydrogen) atoms. The van der Waals surface area contributed by atoms with Crippen molar-refractivity contribution in [1.29, 1.82) is 0 Å². The first-order chi connectivity index (χ1) is 14.7. The summed E-state index contributed by atoms with van der Waals surface area (Å²) in [6, 6.07) is 21.8. The van der Waals surface area contributed by atoms with Crippen molar-refractivity contribution in [3.63, 3.8) is 0 Å². The number of aliphatic hydroxyl groups excluding tert-OH is 1. The van der Waals surface area contributed by atoms with Gasteiger partial charge in [0.05, 0.1) is 18.4 Å². The molecule has 0 aliphatic rings. The zero-order valence-electron chi connectivity index (χ0n) is 16.7. The van der Waals surface area contributed by atoms with Crippen molar-refractivity contribution >= 4 is 17.1 Å². The number of benzene rings is 2. The van der Waals surface area contributed by atoms with E-state index >= 15 is 0 Å². The van der Waals surface area contributed by atoms with E-state index in [0.29, 0.717) is 37.1 Å². The van der Waals surface area contributed by atoms with E-state index in [0.717, 1.165) is 16.8 Å². The Morgan fingerprint density at radius 2 is 1.67 bits per heavy atom. The molecular formula is C24H24N4O2. The highest BCUT2D eigenvalue weighted by Gasteiger charge is 2.18. The van der Waals surface area contributed by atoms with Gasteiger partial charge in [0.25, 0.3) is 5.91 Å². The van der Waals surface area contributed by atoms with Crippen molar-refractivity contribution in [2.24, 2.45) is 0 Å². The second-order valence-electron chi connectivity index (χ2n) is 7.21. The van der Waals surface area contributed by atoms with E-state index in [4.69, 9.17) is 0 Å². The lowest BCUT2D eigenvalue weighted by atomic mass is 10.1. The van der Waals surface area contributed by atoms with Crippen LogP contribution in [-0.4, -0.2) is 43.6 Å². The summed E-state index contributed by atoms with van der Waals surface area (Å²) >= 11 is 0. The molecule has 0 bridgehead atoms. The molecule has 0 aliphatic carbocycles. The van der Waals surface area contributed by atoms with Crippen LogP contribution < -0.4 is 0 Å². The predicted octanol–water partition coefficient (Wildman–Crippen LogP) is 3.50. The fourth-order valence-electron chi connectivity index (χ4n) is 3.46. The van der Waals surface area contributed by atoms with Crippen LogP contribution in [0.2, 0.25) is 0 Å². The Balaban J connectivity index is 1.56. The van der Waals surface area contributed by atoms with Crippen molar-refractivity contribution in [1.82, 2.24) is 19.4 Å². The number of carbonyl (C=O) groups is 1. The van der Waals surface area contributed by atoms with Gasteiger partial charge in [-0.15, -0.1) is 0 Å². The van der Waals surface area contributed by atoms with Crippen LogP contribution in [0.4, 0.5) is 0 Å². The van der Waals surface area contributed by atoms with Gasteiger partial charge in [-0.3, -0.25) is 4.79 Å². The SMILES string of the molecule is O=C(c1cnc2c(c1)ncn2Cc1ccccc1)N(CCCO)Cc1ccccc1. The summed E-state index contributed by atoms with van der Waals surface area (Å²) in [4.78, 5) is 23.9. The Kier molecular flexibility index (Phi) is 6.15. The standard InChI is InChI=1S/C24H24N4O2/c29-13-7-12-27(16-19-8-3-1-4-9-19)24(30)21-14-22-23(25-15-21)28(18-26-22)17-20-10-5-2-6-11-20/h1-6,8-11,14-15,18,29H,7,12-13,16-17H2. The molecule has 0 fully saturated rings. The van der Waals surface area contributed by atoms with Gasteiger partial charge in [-0.25, -0.2) is 9.97 Å². The summed E-state index contributed by atoms with van der Waals surface area (Å²) in [6.45, 7) is 1.68. The first-order valence-corrected chi connectivity index (χ1v) is 10.0. The van der Waals surface area contributed by atoms with Crippen LogP contribution in [0, 0.1) is 0 Å². The fourth-order valence-corrected chi connectivity index (χ4v) is 3.46. The van der Waals surface area contributed by atoms with E-state index in [9.17, 15) is 9.90 Å². The normalized spacial score (nSPS) is 11.0. The maximum absolute atomic E-state index is 13.2. The molecule has 0 spiro atoms. The van der Waals surface area contributed by atoms with Crippen molar-refractivity contribution in [2.75, 3.05) is 13.2 Å². The van der Waals surface area contributed by atoms with Crippen LogP contribution in [0.3, 0.4) is 0 Å². The number of nitrogens with zero attached hydrogens (tertiary/aromatic N) is 4. The number of carbonyl (C=O) groups excluding carboxylic acids is 1. The molecular weight excluding hydrogens is 376 g/mol.